The summed E-state index contributed by atoms with van der Waals surface area (Å²) in [6.07, 6.45) is 0.554. The van der Waals surface area contributed by atoms with E-state index >= 15 is 0 Å². The lowest BCUT2D eigenvalue weighted by molar-refractivity contribution is -0.384. The molecule has 0 bridgehead atoms. The van der Waals surface area contributed by atoms with Crippen LogP contribution in [0.4, 0.5) is 5.69 Å². The highest BCUT2D eigenvalue weighted by Gasteiger charge is 2.11. The summed E-state index contributed by atoms with van der Waals surface area (Å²) in [5.41, 5.74) is 0.0741. The van der Waals surface area contributed by atoms with Crippen molar-refractivity contribution in [3.8, 4) is 5.75 Å². The summed E-state index contributed by atoms with van der Waals surface area (Å²) in [6.45, 7) is 1.13. The summed E-state index contributed by atoms with van der Waals surface area (Å²) in [4.78, 5) is 22.7. The monoisotopic (exact) mass is 238 g/mol. The third kappa shape index (κ3) is 3.84. The second-order valence-corrected chi connectivity index (χ2v) is 3.75. The molecule has 1 aromatic carbocycles. The average molecular weight is 238 g/mol. The van der Waals surface area contributed by atoms with Crippen LogP contribution in [0.2, 0.25) is 0 Å². The molecule has 0 fully saturated rings. The summed E-state index contributed by atoms with van der Waals surface area (Å²) in [5, 5.41) is 10.5. The number of hydrogen-bond acceptors (Lipinski definition) is 5. The summed E-state index contributed by atoms with van der Waals surface area (Å²) in [7, 11) is 3.81. The van der Waals surface area contributed by atoms with Gasteiger partial charge in [0.1, 0.15) is 12.4 Å². The van der Waals surface area contributed by atoms with E-state index in [9.17, 15) is 14.9 Å². The molecule has 0 unspecified atom stereocenters. The van der Waals surface area contributed by atoms with Crippen LogP contribution in [0.5, 0.6) is 5.75 Å². The minimum atomic E-state index is -0.545. The van der Waals surface area contributed by atoms with Crippen molar-refractivity contribution in [3.63, 3.8) is 0 Å². The van der Waals surface area contributed by atoms with Crippen LogP contribution in [-0.4, -0.2) is 43.4 Å². The lowest BCUT2D eigenvalue weighted by Gasteiger charge is -2.11. The van der Waals surface area contributed by atoms with Crippen molar-refractivity contribution in [2.45, 2.75) is 0 Å². The Morgan fingerprint density at radius 3 is 2.71 bits per heavy atom. The first-order valence-electron chi connectivity index (χ1n) is 5.05. The number of hydrogen-bond donors (Lipinski definition) is 0. The number of nitro groups is 1. The minimum Gasteiger partial charge on any atom is -0.492 e. The Balaban J connectivity index is 2.78. The predicted molar refractivity (Wildman–Crippen MR) is 62.5 cm³/mol. The van der Waals surface area contributed by atoms with E-state index in [2.05, 4.69) is 0 Å². The zero-order chi connectivity index (χ0) is 12.8. The van der Waals surface area contributed by atoms with Crippen molar-refractivity contribution < 1.29 is 14.5 Å². The number of benzene rings is 1. The van der Waals surface area contributed by atoms with E-state index in [1.807, 2.05) is 19.0 Å². The molecule has 1 aromatic rings. The highest BCUT2D eigenvalue weighted by molar-refractivity contribution is 5.80. The van der Waals surface area contributed by atoms with E-state index in [-0.39, 0.29) is 11.3 Å². The Labute approximate surface area is 98.9 Å². The number of nitro benzene ring substituents is 1. The second kappa shape index (κ2) is 5.95. The number of carbonyl (C=O) groups excluding carboxylic acids is 1. The first kappa shape index (κ1) is 13.1. The maximum absolute atomic E-state index is 10.8. The molecule has 6 heteroatoms. The summed E-state index contributed by atoms with van der Waals surface area (Å²) in [6, 6.07) is 3.97. The molecule has 0 heterocycles. The van der Waals surface area contributed by atoms with E-state index in [0.29, 0.717) is 25.2 Å². The van der Waals surface area contributed by atoms with Crippen molar-refractivity contribution in [1.82, 2.24) is 4.90 Å². The molecule has 0 aromatic heterocycles. The third-order valence-electron chi connectivity index (χ3n) is 2.13. The van der Waals surface area contributed by atoms with Gasteiger partial charge in [0.25, 0.3) is 5.69 Å². The molecule has 0 radical (unpaired) electrons. The zero-order valence-corrected chi connectivity index (χ0v) is 9.75. The summed E-state index contributed by atoms with van der Waals surface area (Å²) >= 11 is 0. The fourth-order valence-corrected chi connectivity index (χ4v) is 1.21. The molecule has 0 amide bonds. The van der Waals surface area contributed by atoms with Crippen LogP contribution in [0.15, 0.2) is 18.2 Å². The van der Waals surface area contributed by atoms with Crippen LogP contribution in [0.25, 0.3) is 0 Å². The Bertz CT molecular complexity index is 418. The number of rotatable bonds is 6. The molecule has 0 aliphatic rings. The Morgan fingerprint density at radius 1 is 1.47 bits per heavy atom. The SMILES string of the molecule is CN(C)CCOc1ccc([N+](=O)[O-])cc1C=O. The topological polar surface area (TPSA) is 72.7 Å². The quantitative estimate of drug-likeness (QED) is 0.425. The summed E-state index contributed by atoms with van der Waals surface area (Å²) in [5.74, 6) is 0.368. The molecular weight excluding hydrogens is 224 g/mol. The molecule has 0 saturated carbocycles. The maximum Gasteiger partial charge on any atom is 0.270 e. The molecule has 17 heavy (non-hydrogen) atoms. The molecule has 0 aliphatic carbocycles. The van der Waals surface area contributed by atoms with Crippen LogP contribution < -0.4 is 4.74 Å². The van der Waals surface area contributed by atoms with Gasteiger partial charge < -0.3 is 9.64 Å². The van der Waals surface area contributed by atoms with Gasteiger partial charge in [-0.3, -0.25) is 14.9 Å². The average Bonchev–Trinajstić information content (AvgIpc) is 2.28. The van der Waals surface area contributed by atoms with Crippen molar-refractivity contribution in [2.75, 3.05) is 27.2 Å². The van der Waals surface area contributed by atoms with Crippen LogP contribution in [0, 0.1) is 10.1 Å². The lowest BCUT2D eigenvalue weighted by atomic mass is 10.2. The minimum absolute atomic E-state index is 0.118. The highest BCUT2D eigenvalue weighted by Crippen LogP contribution is 2.22. The van der Waals surface area contributed by atoms with Gasteiger partial charge in [-0.05, 0) is 20.2 Å². The van der Waals surface area contributed by atoms with Crippen LogP contribution in [-0.2, 0) is 0 Å². The Hall–Kier alpha value is -1.95. The largest absolute Gasteiger partial charge is 0.492 e. The van der Waals surface area contributed by atoms with Crippen molar-refractivity contribution >= 4 is 12.0 Å². The maximum atomic E-state index is 10.8. The van der Waals surface area contributed by atoms with E-state index in [1.54, 1.807) is 0 Å². The van der Waals surface area contributed by atoms with Gasteiger partial charge in [0.2, 0.25) is 0 Å². The molecule has 0 aliphatic heterocycles. The molecule has 1 rings (SSSR count). The fraction of sp³-hybridized carbons (Fsp3) is 0.364. The van der Waals surface area contributed by atoms with Gasteiger partial charge in [0, 0.05) is 18.7 Å². The predicted octanol–water partition coefficient (Wildman–Crippen LogP) is 1.35. The number of likely N-dealkylation sites (N-methyl/N-ethyl adjacent to an activating group) is 1. The number of ether oxygens (including phenoxy) is 1. The molecule has 92 valence electrons. The van der Waals surface area contributed by atoms with E-state index in [4.69, 9.17) is 4.74 Å². The van der Waals surface area contributed by atoms with Gasteiger partial charge in [-0.15, -0.1) is 0 Å². The first-order chi connectivity index (χ1) is 8.04. The summed E-state index contributed by atoms with van der Waals surface area (Å²) < 4.78 is 5.38. The molecule has 0 atom stereocenters. The van der Waals surface area contributed by atoms with Crippen molar-refractivity contribution in [3.05, 3.63) is 33.9 Å². The number of carbonyl (C=O) groups is 1. The fourth-order valence-electron chi connectivity index (χ4n) is 1.21. The van der Waals surface area contributed by atoms with E-state index < -0.39 is 4.92 Å². The smallest absolute Gasteiger partial charge is 0.270 e. The van der Waals surface area contributed by atoms with E-state index in [0.717, 1.165) is 0 Å². The van der Waals surface area contributed by atoms with Crippen molar-refractivity contribution in [1.29, 1.82) is 0 Å². The van der Waals surface area contributed by atoms with Crippen LogP contribution in [0.1, 0.15) is 10.4 Å². The number of nitrogens with zero attached hydrogens (tertiary/aromatic N) is 2. The lowest BCUT2D eigenvalue weighted by Crippen LogP contribution is -2.19. The second-order valence-electron chi connectivity index (χ2n) is 3.75. The van der Waals surface area contributed by atoms with Gasteiger partial charge in [-0.1, -0.05) is 0 Å². The van der Waals surface area contributed by atoms with Gasteiger partial charge in [-0.25, -0.2) is 0 Å². The van der Waals surface area contributed by atoms with E-state index in [1.165, 1.54) is 18.2 Å². The Morgan fingerprint density at radius 2 is 2.18 bits per heavy atom. The van der Waals surface area contributed by atoms with Gasteiger partial charge in [0.15, 0.2) is 6.29 Å². The number of non-ortho nitro benzene ring substituents is 1. The number of aldehydes is 1. The molecule has 0 spiro atoms. The van der Waals surface area contributed by atoms with Crippen LogP contribution in [0.3, 0.4) is 0 Å². The van der Waals surface area contributed by atoms with Gasteiger partial charge in [-0.2, -0.15) is 0 Å². The Kier molecular flexibility index (Phi) is 4.59. The third-order valence-corrected chi connectivity index (χ3v) is 2.13. The highest BCUT2D eigenvalue weighted by atomic mass is 16.6. The van der Waals surface area contributed by atoms with Gasteiger partial charge in [0.05, 0.1) is 10.5 Å². The van der Waals surface area contributed by atoms with Crippen LogP contribution >= 0.6 is 0 Å². The first-order valence-corrected chi connectivity index (χ1v) is 5.05. The van der Waals surface area contributed by atoms with Gasteiger partial charge >= 0.3 is 0 Å². The molecule has 6 nitrogen and oxygen atoms in total. The van der Waals surface area contributed by atoms with Crippen molar-refractivity contribution in [2.24, 2.45) is 0 Å². The standard InChI is InChI=1S/C11H14N2O4/c1-12(2)5-6-17-11-4-3-10(13(15)16)7-9(11)8-14/h3-4,7-8H,5-6H2,1-2H3. The molecular formula is C11H14N2O4. The molecule has 0 saturated heterocycles. The molecule has 0 N–H and O–H groups in total. The zero-order valence-electron chi connectivity index (χ0n) is 9.75. The normalized spacial score (nSPS) is 10.3.